The Morgan fingerprint density at radius 2 is 2.20 bits per heavy atom. The molecule has 1 spiro atoms. The van der Waals surface area contributed by atoms with Crippen molar-refractivity contribution in [2.24, 2.45) is 17.3 Å². The first kappa shape index (κ1) is 11.4. The summed E-state index contributed by atoms with van der Waals surface area (Å²) in [6.07, 6.45) is 5.72. The molecule has 0 radical (unpaired) electrons. The number of likely N-dealkylation sites (tertiary alicyclic amines) is 1. The van der Waals surface area contributed by atoms with Crippen LogP contribution in [0.25, 0.3) is 0 Å². The maximum atomic E-state index is 5.28. The van der Waals surface area contributed by atoms with Crippen LogP contribution in [0.1, 0.15) is 46.5 Å². The van der Waals surface area contributed by atoms with E-state index in [1.807, 2.05) is 0 Å². The molecule has 1 aliphatic carbocycles. The minimum atomic E-state index is 0.657. The summed E-state index contributed by atoms with van der Waals surface area (Å²) in [5, 5.41) is 0. The van der Waals surface area contributed by atoms with Gasteiger partial charge in [0.2, 0.25) is 0 Å². The lowest BCUT2D eigenvalue weighted by Crippen LogP contribution is -2.43. The van der Waals surface area contributed by atoms with Gasteiger partial charge in [0.1, 0.15) is 0 Å². The second-order valence-corrected chi connectivity index (χ2v) is 6.51. The predicted octanol–water partition coefficient (Wildman–Crippen LogP) is 3.48. The van der Waals surface area contributed by atoms with Gasteiger partial charge < -0.3 is 4.90 Å². The average molecular weight is 225 g/mol. The van der Waals surface area contributed by atoms with Crippen LogP contribution in [0.2, 0.25) is 0 Å². The van der Waals surface area contributed by atoms with Crippen molar-refractivity contribution in [3.8, 4) is 0 Å². The zero-order chi connectivity index (χ0) is 11.1. The quantitative estimate of drug-likeness (QED) is 0.662. The lowest BCUT2D eigenvalue weighted by Gasteiger charge is -2.48. The van der Waals surface area contributed by atoms with Crippen molar-refractivity contribution in [1.29, 1.82) is 0 Å². The number of thiocarbonyl (C=S) groups is 1. The fraction of sp³-hybridized carbons (Fsp3) is 0.923. The molecule has 0 amide bonds. The number of nitrogens with zero attached hydrogens (tertiary/aromatic N) is 1. The van der Waals surface area contributed by atoms with Gasteiger partial charge in [0.25, 0.3) is 0 Å². The van der Waals surface area contributed by atoms with Gasteiger partial charge in [0, 0.05) is 13.1 Å². The van der Waals surface area contributed by atoms with Crippen LogP contribution in [0.4, 0.5) is 0 Å². The molecule has 1 saturated heterocycles. The van der Waals surface area contributed by atoms with E-state index in [1.54, 1.807) is 0 Å². The molecule has 1 nitrogen and oxygen atoms in total. The van der Waals surface area contributed by atoms with Gasteiger partial charge in [-0.25, -0.2) is 0 Å². The van der Waals surface area contributed by atoms with E-state index in [9.17, 15) is 0 Å². The largest absolute Gasteiger partial charge is 0.366 e. The molecular formula is C13H23NS. The molecule has 0 aromatic rings. The topological polar surface area (TPSA) is 3.24 Å². The van der Waals surface area contributed by atoms with Crippen molar-refractivity contribution in [2.45, 2.75) is 46.5 Å². The first-order valence-electron chi connectivity index (χ1n) is 6.29. The summed E-state index contributed by atoms with van der Waals surface area (Å²) in [6.45, 7) is 9.24. The SMILES string of the molecule is CC(=S)N1CC[C@]2(CCC2CC(C)C)C1. The van der Waals surface area contributed by atoms with Crippen LogP contribution in [0.3, 0.4) is 0 Å². The van der Waals surface area contributed by atoms with E-state index in [2.05, 4.69) is 25.7 Å². The van der Waals surface area contributed by atoms with E-state index in [-0.39, 0.29) is 0 Å². The smallest absolute Gasteiger partial charge is 0.0748 e. The van der Waals surface area contributed by atoms with Gasteiger partial charge >= 0.3 is 0 Å². The van der Waals surface area contributed by atoms with Crippen molar-refractivity contribution in [1.82, 2.24) is 4.90 Å². The highest BCUT2D eigenvalue weighted by atomic mass is 32.1. The van der Waals surface area contributed by atoms with E-state index in [1.165, 1.54) is 38.8 Å². The van der Waals surface area contributed by atoms with Crippen LogP contribution in [-0.2, 0) is 0 Å². The van der Waals surface area contributed by atoms with Gasteiger partial charge in [-0.3, -0.25) is 0 Å². The van der Waals surface area contributed by atoms with Gasteiger partial charge in [-0.15, -0.1) is 0 Å². The Morgan fingerprint density at radius 3 is 2.60 bits per heavy atom. The molecular weight excluding hydrogens is 202 g/mol. The Balaban J connectivity index is 1.95. The van der Waals surface area contributed by atoms with E-state index >= 15 is 0 Å². The molecule has 0 bridgehead atoms. The first-order valence-corrected chi connectivity index (χ1v) is 6.70. The third kappa shape index (κ3) is 2.06. The minimum Gasteiger partial charge on any atom is -0.366 e. The third-order valence-electron chi connectivity index (χ3n) is 4.44. The fourth-order valence-corrected chi connectivity index (χ4v) is 3.55. The standard InChI is InChI=1S/C13H23NS/c1-10(2)8-12-4-5-13(12)6-7-14(9-13)11(3)15/h10,12H,4-9H2,1-3H3/t12?,13-/m1/s1. The Kier molecular flexibility index (Phi) is 3.07. The molecule has 0 aromatic carbocycles. The zero-order valence-corrected chi connectivity index (χ0v) is 11.1. The van der Waals surface area contributed by atoms with Gasteiger partial charge in [-0.05, 0) is 49.9 Å². The van der Waals surface area contributed by atoms with Gasteiger partial charge in [0.15, 0.2) is 0 Å². The highest BCUT2D eigenvalue weighted by Crippen LogP contribution is 2.55. The summed E-state index contributed by atoms with van der Waals surface area (Å²) in [5.41, 5.74) is 0.657. The van der Waals surface area contributed by atoms with E-state index in [0.29, 0.717) is 5.41 Å². The van der Waals surface area contributed by atoms with E-state index in [4.69, 9.17) is 12.2 Å². The maximum absolute atomic E-state index is 5.28. The molecule has 2 atom stereocenters. The monoisotopic (exact) mass is 225 g/mol. The molecule has 1 unspecified atom stereocenters. The number of rotatable bonds is 2. The number of hydrogen-bond donors (Lipinski definition) is 0. The van der Waals surface area contributed by atoms with Crippen molar-refractivity contribution in [2.75, 3.05) is 13.1 Å². The van der Waals surface area contributed by atoms with Gasteiger partial charge in [-0.1, -0.05) is 26.1 Å². The van der Waals surface area contributed by atoms with Crippen molar-refractivity contribution < 1.29 is 0 Å². The van der Waals surface area contributed by atoms with Gasteiger partial charge in [-0.2, -0.15) is 0 Å². The number of hydrogen-bond acceptors (Lipinski definition) is 1. The molecule has 1 saturated carbocycles. The molecule has 15 heavy (non-hydrogen) atoms. The Labute approximate surface area is 99.2 Å². The highest BCUT2D eigenvalue weighted by Gasteiger charge is 2.50. The Morgan fingerprint density at radius 1 is 1.47 bits per heavy atom. The highest BCUT2D eigenvalue weighted by molar-refractivity contribution is 7.80. The fourth-order valence-electron chi connectivity index (χ4n) is 3.40. The summed E-state index contributed by atoms with van der Waals surface area (Å²) < 4.78 is 0. The maximum Gasteiger partial charge on any atom is 0.0748 e. The Bertz CT molecular complexity index is 261. The molecule has 86 valence electrons. The van der Waals surface area contributed by atoms with Crippen molar-refractivity contribution in [3.63, 3.8) is 0 Å². The zero-order valence-electron chi connectivity index (χ0n) is 10.3. The summed E-state index contributed by atoms with van der Waals surface area (Å²) in [4.78, 5) is 3.52. The average Bonchev–Trinajstić information content (AvgIpc) is 2.59. The molecule has 0 N–H and O–H groups in total. The molecule has 2 rings (SSSR count). The second-order valence-electron chi connectivity index (χ2n) is 5.92. The van der Waals surface area contributed by atoms with Crippen LogP contribution in [-0.4, -0.2) is 23.0 Å². The minimum absolute atomic E-state index is 0.657. The molecule has 1 heterocycles. The Hall–Kier alpha value is -0.110. The lowest BCUT2D eigenvalue weighted by molar-refractivity contribution is 0.0294. The van der Waals surface area contributed by atoms with Gasteiger partial charge in [0.05, 0.1) is 4.99 Å². The van der Waals surface area contributed by atoms with Crippen molar-refractivity contribution >= 4 is 17.2 Å². The van der Waals surface area contributed by atoms with E-state index < -0.39 is 0 Å². The van der Waals surface area contributed by atoms with E-state index in [0.717, 1.165) is 16.8 Å². The normalized spacial score (nSPS) is 34.9. The molecule has 2 heteroatoms. The third-order valence-corrected chi connectivity index (χ3v) is 4.70. The second kappa shape index (κ2) is 4.04. The predicted molar refractivity (Wildman–Crippen MR) is 69.1 cm³/mol. The van der Waals surface area contributed by atoms with Crippen LogP contribution in [0.5, 0.6) is 0 Å². The molecule has 2 fully saturated rings. The molecule has 0 aromatic heterocycles. The summed E-state index contributed by atoms with van der Waals surface area (Å²) in [7, 11) is 0. The summed E-state index contributed by atoms with van der Waals surface area (Å²) in [6, 6.07) is 0. The van der Waals surface area contributed by atoms with Crippen LogP contribution >= 0.6 is 12.2 Å². The summed E-state index contributed by atoms with van der Waals surface area (Å²) in [5.74, 6) is 1.84. The molecule has 2 aliphatic rings. The van der Waals surface area contributed by atoms with Crippen molar-refractivity contribution in [3.05, 3.63) is 0 Å². The van der Waals surface area contributed by atoms with Crippen LogP contribution in [0, 0.1) is 17.3 Å². The van der Waals surface area contributed by atoms with Crippen LogP contribution < -0.4 is 0 Å². The first-order chi connectivity index (χ1) is 7.03. The van der Waals surface area contributed by atoms with Crippen LogP contribution in [0.15, 0.2) is 0 Å². The molecule has 1 aliphatic heterocycles. The summed E-state index contributed by atoms with van der Waals surface area (Å²) >= 11 is 5.28. The lowest BCUT2D eigenvalue weighted by atomic mass is 9.57.